The molecule has 0 amide bonds. The minimum Gasteiger partial charge on any atom is -0.204 e. The number of hydrogen-bond acceptors (Lipinski definition) is 0. The van der Waals surface area contributed by atoms with Crippen LogP contribution in [-0.4, -0.2) is 16.2 Å². The molecule has 1 saturated heterocycles. The summed E-state index contributed by atoms with van der Waals surface area (Å²) >= 11 is 16.6. The van der Waals surface area contributed by atoms with Crippen LogP contribution >= 0.6 is 34.8 Å². The molecule has 0 nitrogen and oxygen atoms in total. The van der Waals surface area contributed by atoms with Crippen LogP contribution in [0.15, 0.2) is 0 Å². The smallest absolute Gasteiger partial charge is 0.204 e. The van der Waals surface area contributed by atoms with Crippen molar-refractivity contribution in [2.75, 3.05) is 0 Å². The van der Waals surface area contributed by atoms with Gasteiger partial charge in [0.15, 0.2) is 29.1 Å². The van der Waals surface area contributed by atoms with Crippen molar-refractivity contribution in [3.8, 4) is 0 Å². The highest BCUT2D eigenvalue weighted by Gasteiger charge is 2.68. The average Bonchev–Trinajstić information content (AvgIpc) is 2.75. The Labute approximate surface area is 108 Å². The second-order valence-electron chi connectivity index (χ2n) is 3.54. The molecule has 1 aliphatic heterocycles. The van der Waals surface area contributed by atoms with Crippen molar-refractivity contribution in [2.45, 2.75) is 9.51 Å². The molecule has 2 rings (SSSR count). The van der Waals surface area contributed by atoms with Gasteiger partial charge in [0.1, 0.15) is 4.23 Å². The fourth-order valence-corrected chi connectivity index (χ4v) is 2.64. The molecule has 1 heterocycles. The average molecular weight is 309 g/mol. The molecule has 1 aromatic rings. The Morgan fingerprint density at radius 2 is 1.12 bits per heavy atom. The van der Waals surface area contributed by atoms with Gasteiger partial charge in [-0.2, -0.15) is 0 Å². The summed E-state index contributed by atoms with van der Waals surface area (Å²) in [5, 5.41) is -1.11. The molecule has 0 radical (unpaired) electrons. The molecule has 17 heavy (non-hydrogen) atoms. The lowest BCUT2D eigenvalue weighted by molar-refractivity contribution is 0.384. The SMILES string of the molecule is Fc1c(F)c(F)c(B2C(Cl)C2(Cl)Cl)c(F)c1F. The molecular weight excluding hydrogens is 308 g/mol. The van der Waals surface area contributed by atoms with Gasteiger partial charge in [0.2, 0.25) is 6.71 Å². The van der Waals surface area contributed by atoms with Crippen molar-refractivity contribution >= 4 is 47.0 Å². The number of hydrogen-bond donors (Lipinski definition) is 0. The van der Waals surface area contributed by atoms with E-state index < -0.39 is 50.8 Å². The Kier molecular flexibility index (Phi) is 3.04. The van der Waals surface area contributed by atoms with Gasteiger partial charge < -0.3 is 0 Å². The summed E-state index contributed by atoms with van der Waals surface area (Å²) in [6.45, 7) is -1.34. The van der Waals surface area contributed by atoms with Crippen LogP contribution < -0.4 is 5.46 Å². The van der Waals surface area contributed by atoms with Crippen molar-refractivity contribution in [3.05, 3.63) is 29.1 Å². The molecule has 1 atom stereocenters. The van der Waals surface area contributed by atoms with Crippen LogP contribution in [0.2, 0.25) is 0 Å². The third kappa shape index (κ3) is 1.72. The lowest BCUT2D eigenvalue weighted by atomic mass is 9.62. The van der Waals surface area contributed by atoms with Gasteiger partial charge >= 0.3 is 0 Å². The molecule has 1 unspecified atom stereocenters. The first-order valence-corrected chi connectivity index (χ1v) is 5.43. The fraction of sp³-hybridized carbons (Fsp3) is 0.250. The summed E-state index contributed by atoms with van der Waals surface area (Å²) in [7, 11) is 0. The first kappa shape index (κ1) is 13.2. The topological polar surface area (TPSA) is 0 Å². The summed E-state index contributed by atoms with van der Waals surface area (Å²) in [5.74, 6) is -10.2. The Balaban J connectivity index is 2.65. The number of halogens is 8. The zero-order valence-electron chi connectivity index (χ0n) is 7.68. The molecule has 0 bridgehead atoms. The maximum Gasteiger partial charge on any atom is 0.249 e. The summed E-state index contributed by atoms with van der Waals surface area (Å²) in [5.41, 5.74) is -1.08. The van der Waals surface area contributed by atoms with Gasteiger partial charge in [-0.3, -0.25) is 0 Å². The minimum atomic E-state index is -2.23. The molecule has 0 spiro atoms. The van der Waals surface area contributed by atoms with E-state index in [1.165, 1.54) is 0 Å². The van der Waals surface area contributed by atoms with Gasteiger partial charge in [0.05, 0.1) is 0 Å². The molecule has 0 aliphatic carbocycles. The molecule has 9 heteroatoms. The zero-order chi connectivity index (χ0) is 13.1. The highest BCUT2D eigenvalue weighted by molar-refractivity contribution is 7.09. The second-order valence-corrected chi connectivity index (χ2v) is 5.45. The quantitative estimate of drug-likeness (QED) is 0.246. The van der Waals surface area contributed by atoms with Gasteiger partial charge in [-0.25, -0.2) is 22.0 Å². The van der Waals surface area contributed by atoms with Crippen LogP contribution in [0.4, 0.5) is 22.0 Å². The van der Waals surface area contributed by atoms with E-state index >= 15 is 0 Å². The van der Waals surface area contributed by atoms with Crippen molar-refractivity contribution < 1.29 is 22.0 Å². The largest absolute Gasteiger partial charge is 0.249 e. The van der Waals surface area contributed by atoms with E-state index in [0.29, 0.717) is 0 Å². The van der Waals surface area contributed by atoms with Crippen molar-refractivity contribution in [2.24, 2.45) is 0 Å². The number of alkyl halides is 3. The molecule has 1 fully saturated rings. The second kappa shape index (κ2) is 3.90. The van der Waals surface area contributed by atoms with Crippen LogP contribution in [-0.2, 0) is 0 Å². The van der Waals surface area contributed by atoms with Crippen molar-refractivity contribution in [1.82, 2.24) is 0 Å². The van der Waals surface area contributed by atoms with Gasteiger partial charge in [0, 0.05) is 10.7 Å². The third-order valence-corrected chi connectivity index (χ3v) is 4.28. The first-order valence-electron chi connectivity index (χ1n) is 4.24. The molecule has 0 N–H and O–H groups in total. The highest BCUT2D eigenvalue weighted by atomic mass is 35.5. The standard InChI is InChI=1S/C8HBCl3F5/c10-7-8(11,12)9(7)1-2(13)4(15)6(17)5(16)3(1)14/h7H. The van der Waals surface area contributed by atoms with Crippen LogP contribution in [0.25, 0.3) is 0 Å². The zero-order valence-corrected chi connectivity index (χ0v) is 9.95. The van der Waals surface area contributed by atoms with Crippen LogP contribution in [0.5, 0.6) is 0 Å². The van der Waals surface area contributed by atoms with Crippen molar-refractivity contribution in [3.63, 3.8) is 0 Å². The van der Waals surface area contributed by atoms with Gasteiger partial charge in [-0.15, -0.1) is 34.8 Å². The lowest BCUT2D eigenvalue weighted by Crippen LogP contribution is -2.32. The number of benzene rings is 1. The Bertz CT molecular complexity index is 477. The predicted octanol–water partition coefficient (Wildman–Crippen LogP) is 2.96. The molecule has 0 saturated carbocycles. The Morgan fingerprint density at radius 1 is 0.824 bits per heavy atom. The van der Waals surface area contributed by atoms with Crippen LogP contribution in [0.3, 0.4) is 0 Å². The minimum absolute atomic E-state index is 1.08. The molecule has 0 aromatic heterocycles. The normalized spacial score (nSPS) is 21.9. The maximum atomic E-state index is 13.3. The van der Waals surface area contributed by atoms with Gasteiger partial charge in [-0.05, 0) is 0 Å². The molecule has 1 aromatic carbocycles. The van der Waals surface area contributed by atoms with E-state index in [-0.39, 0.29) is 0 Å². The summed E-state index contributed by atoms with van der Waals surface area (Å²) in [4.78, 5) is 0. The monoisotopic (exact) mass is 308 g/mol. The number of rotatable bonds is 1. The van der Waals surface area contributed by atoms with Crippen LogP contribution in [0.1, 0.15) is 0 Å². The van der Waals surface area contributed by atoms with Gasteiger partial charge in [0.25, 0.3) is 0 Å². The predicted molar refractivity (Wildman–Crippen MR) is 55.7 cm³/mol. The van der Waals surface area contributed by atoms with E-state index in [9.17, 15) is 22.0 Å². The molecule has 92 valence electrons. The Hall–Kier alpha value is -0.195. The third-order valence-electron chi connectivity index (χ3n) is 2.52. The van der Waals surface area contributed by atoms with E-state index in [2.05, 4.69) is 0 Å². The fourth-order valence-electron chi connectivity index (χ4n) is 1.52. The van der Waals surface area contributed by atoms with E-state index in [4.69, 9.17) is 34.8 Å². The van der Waals surface area contributed by atoms with E-state index in [0.717, 1.165) is 0 Å². The maximum absolute atomic E-state index is 13.3. The summed E-state index contributed by atoms with van der Waals surface area (Å²) in [6.07, 6.45) is 0. The summed E-state index contributed by atoms with van der Waals surface area (Å²) in [6, 6.07) is 0. The van der Waals surface area contributed by atoms with E-state index in [1.54, 1.807) is 0 Å². The lowest BCUT2D eigenvalue weighted by Gasteiger charge is -2.06. The van der Waals surface area contributed by atoms with Crippen LogP contribution in [0, 0.1) is 29.1 Å². The Morgan fingerprint density at radius 3 is 1.41 bits per heavy atom. The van der Waals surface area contributed by atoms with Gasteiger partial charge in [-0.1, -0.05) is 0 Å². The summed E-state index contributed by atoms with van der Waals surface area (Å²) < 4.78 is 63.4. The molecule has 1 aliphatic rings. The first-order chi connectivity index (χ1) is 7.71. The highest BCUT2D eigenvalue weighted by Crippen LogP contribution is 2.49. The molecular formula is C8HBCl3F5. The van der Waals surface area contributed by atoms with E-state index in [1.807, 2.05) is 0 Å². The van der Waals surface area contributed by atoms with Crippen molar-refractivity contribution in [1.29, 1.82) is 0 Å².